The van der Waals surface area contributed by atoms with Gasteiger partial charge in [-0.2, -0.15) is 0 Å². The predicted octanol–water partition coefficient (Wildman–Crippen LogP) is 3.09. The normalized spacial score (nSPS) is 10.9. The molecule has 1 aromatic carbocycles. The highest BCUT2D eigenvalue weighted by atomic mass is 16.5. The van der Waals surface area contributed by atoms with Gasteiger partial charge in [-0.3, -0.25) is 0 Å². The van der Waals surface area contributed by atoms with Crippen molar-refractivity contribution < 1.29 is 8.94 Å². The molecule has 2 heterocycles. The van der Waals surface area contributed by atoms with Crippen molar-refractivity contribution in [3.8, 4) is 11.3 Å². The molecule has 0 aliphatic carbocycles. The van der Waals surface area contributed by atoms with Crippen molar-refractivity contribution in [1.29, 1.82) is 0 Å². The number of hydrogen-bond acceptors (Lipinski definition) is 3. The summed E-state index contributed by atoms with van der Waals surface area (Å²) in [5.74, 6) is 0.759. The second-order valence-corrected chi connectivity index (χ2v) is 3.04. The lowest BCUT2D eigenvalue weighted by atomic mass is 10.1. The monoisotopic (exact) mass is 185 g/mol. The zero-order valence-corrected chi connectivity index (χ0v) is 7.31. The van der Waals surface area contributed by atoms with Crippen molar-refractivity contribution in [3.05, 3.63) is 42.9 Å². The van der Waals surface area contributed by atoms with E-state index < -0.39 is 0 Å². The summed E-state index contributed by atoms with van der Waals surface area (Å²) in [6.45, 7) is 0. The Morgan fingerprint density at radius 2 is 2.00 bits per heavy atom. The van der Waals surface area contributed by atoms with Gasteiger partial charge < -0.3 is 8.94 Å². The van der Waals surface area contributed by atoms with Crippen LogP contribution < -0.4 is 0 Å². The third kappa shape index (κ3) is 0.956. The lowest BCUT2D eigenvalue weighted by Crippen LogP contribution is -1.68. The standard InChI is InChI=1S/C11H7NO2/c1-2-4-10-9(3-1)11(14-12-10)8-5-6-13-7-8/h1-7H. The molecule has 0 aliphatic heterocycles. The lowest BCUT2D eigenvalue weighted by Gasteiger charge is -1.88. The second-order valence-electron chi connectivity index (χ2n) is 3.04. The van der Waals surface area contributed by atoms with Crippen molar-refractivity contribution in [2.75, 3.05) is 0 Å². The first-order chi connectivity index (χ1) is 6.95. The van der Waals surface area contributed by atoms with Crippen LogP contribution >= 0.6 is 0 Å². The van der Waals surface area contributed by atoms with Gasteiger partial charge in [-0.15, -0.1) is 0 Å². The van der Waals surface area contributed by atoms with Crippen molar-refractivity contribution in [1.82, 2.24) is 5.16 Å². The first-order valence-corrected chi connectivity index (χ1v) is 4.32. The van der Waals surface area contributed by atoms with E-state index in [9.17, 15) is 0 Å². The van der Waals surface area contributed by atoms with Crippen LogP contribution in [0.3, 0.4) is 0 Å². The van der Waals surface area contributed by atoms with Gasteiger partial charge in [-0.1, -0.05) is 17.3 Å². The third-order valence-corrected chi connectivity index (χ3v) is 2.17. The average Bonchev–Trinajstić information content (AvgIpc) is 2.85. The Morgan fingerprint density at radius 1 is 1.07 bits per heavy atom. The topological polar surface area (TPSA) is 39.2 Å². The largest absolute Gasteiger partial charge is 0.472 e. The van der Waals surface area contributed by atoms with Gasteiger partial charge in [0.2, 0.25) is 0 Å². The van der Waals surface area contributed by atoms with Gasteiger partial charge in [0.1, 0.15) is 11.8 Å². The minimum absolute atomic E-state index is 0.759. The Morgan fingerprint density at radius 3 is 2.86 bits per heavy atom. The molecule has 68 valence electrons. The van der Waals surface area contributed by atoms with Crippen molar-refractivity contribution in [2.24, 2.45) is 0 Å². The highest BCUT2D eigenvalue weighted by Crippen LogP contribution is 2.28. The maximum atomic E-state index is 5.25. The molecule has 0 fully saturated rings. The average molecular weight is 185 g/mol. The van der Waals surface area contributed by atoms with E-state index in [0.29, 0.717) is 0 Å². The van der Waals surface area contributed by atoms with E-state index in [4.69, 9.17) is 8.94 Å². The molecule has 3 aromatic rings. The number of nitrogens with zero attached hydrogens (tertiary/aromatic N) is 1. The second kappa shape index (κ2) is 2.73. The van der Waals surface area contributed by atoms with Crippen LogP contribution in [0.15, 0.2) is 51.8 Å². The Kier molecular flexibility index (Phi) is 1.44. The van der Waals surface area contributed by atoms with Crippen molar-refractivity contribution >= 4 is 10.9 Å². The summed E-state index contributed by atoms with van der Waals surface area (Å²) < 4.78 is 10.2. The molecule has 3 nitrogen and oxygen atoms in total. The summed E-state index contributed by atoms with van der Waals surface area (Å²) in [6, 6.07) is 9.65. The molecule has 14 heavy (non-hydrogen) atoms. The Hall–Kier alpha value is -2.03. The van der Waals surface area contributed by atoms with Crippen LogP contribution in [0.25, 0.3) is 22.2 Å². The van der Waals surface area contributed by atoms with E-state index >= 15 is 0 Å². The number of aromatic nitrogens is 1. The molecular weight excluding hydrogens is 178 g/mol. The molecule has 0 saturated carbocycles. The Balaban J connectivity index is 2.33. The van der Waals surface area contributed by atoms with Gasteiger partial charge in [0.05, 0.1) is 11.8 Å². The molecule has 0 aliphatic rings. The molecule has 0 atom stereocenters. The summed E-state index contributed by atoms with van der Waals surface area (Å²) in [5.41, 5.74) is 1.78. The van der Waals surface area contributed by atoms with Gasteiger partial charge in [-0.05, 0) is 18.2 Å². The third-order valence-electron chi connectivity index (χ3n) is 2.17. The smallest absolute Gasteiger partial charge is 0.177 e. The molecule has 0 bridgehead atoms. The van der Waals surface area contributed by atoms with Crippen LogP contribution in [0.1, 0.15) is 0 Å². The summed E-state index contributed by atoms with van der Waals surface area (Å²) in [5, 5.41) is 4.97. The van der Waals surface area contributed by atoms with Crippen LogP contribution in [-0.2, 0) is 0 Å². The molecule has 0 spiro atoms. The highest BCUT2D eigenvalue weighted by molar-refractivity contribution is 5.91. The van der Waals surface area contributed by atoms with E-state index in [2.05, 4.69) is 5.16 Å². The van der Waals surface area contributed by atoms with Crippen LogP contribution in [-0.4, -0.2) is 5.16 Å². The van der Waals surface area contributed by atoms with E-state index in [1.165, 1.54) is 0 Å². The van der Waals surface area contributed by atoms with Crippen molar-refractivity contribution in [2.45, 2.75) is 0 Å². The Labute approximate surface area is 79.9 Å². The maximum Gasteiger partial charge on any atom is 0.177 e. The van der Waals surface area contributed by atoms with Crippen LogP contribution in [0.4, 0.5) is 0 Å². The quantitative estimate of drug-likeness (QED) is 0.584. The zero-order chi connectivity index (χ0) is 9.38. The van der Waals surface area contributed by atoms with E-state index in [1.807, 2.05) is 30.3 Å². The number of benzene rings is 1. The molecule has 3 rings (SSSR count). The first-order valence-electron chi connectivity index (χ1n) is 4.32. The predicted molar refractivity (Wildman–Crippen MR) is 51.7 cm³/mol. The number of rotatable bonds is 1. The summed E-state index contributed by atoms with van der Waals surface area (Å²) in [6.07, 6.45) is 3.26. The van der Waals surface area contributed by atoms with Gasteiger partial charge in [-0.25, -0.2) is 0 Å². The SMILES string of the molecule is c1ccc2c(-c3ccoc3)onc2c1. The van der Waals surface area contributed by atoms with E-state index in [-0.39, 0.29) is 0 Å². The molecule has 0 unspecified atom stereocenters. The lowest BCUT2D eigenvalue weighted by molar-refractivity contribution is 0.440. The molecule has 0 N–H and O–H groups in total. The molecule has 2 aromatic heterocycles. The van der Waals surface area contributed by atoms with Crippen LogP contribution in [0.2, 0.25) is 0 Å². The van der Waals surface area contributed by atoms with Crippen LogP contribution in [0.5, 0.6) is 0 Å². The van der Waals surface area contributed by atoms with Crippen LogP contribution in [0, 0.1) is 0 Å². The number of fused-ring (bicyclic) bond motifs is 1. The van der Waals surface area contributed by atoms with Gasteiger partial charge in [0, 0.05) is 5.39 Å². The fourth-order valence-electron chi connectivity index (χ4n) is 1.49. The van der Waals surface area contributed by atoms with Gasteiger partial charge >= 0.3 is 0 Å². The molecular formula is C11H7NO2. The van der Waals surface area contributed by atoms with Crippen molar-refractivity contribution in [3.63, 3.8) is 0 Å². The van der Waals surface area contributed by atoms with E-state index in [0.717, 1.165) is 22.2 Å². The summed E-state index contributed by atoms with van der Waals surface area (Å²) in [7, 11) is 0. The number of hydrogen-bond donors (Lipinski definition) is 0. The summed E-state index contributed by atoms with van der Waals surface area (Å²) >= 11 is 0. The molecule has 3 heteroatoms. The van der Waals surface area contributed by atoms with Gasteiger partial charge in [0.25, 0.3) is 0 Å². The maximum absolute atomic E-state index is 5.25. The summed E-state index contributed by atoms with van der Waals surface area (Å²) in [4.78, 5) is 0. The fourth-order valence-corrected chi connectivity index (χ4v) is 1.49. The van der Waals surface area contributed by atoms with Gasteiger partial charge in [0.15, 0.2) is 5.76 Å². The minimum atomic E-state index is 0.759. The fraction of sp³-hybridized carbons (Fsp3) is 0. The first kappa shape index (κ1) is 7.38. The molecule has 0 amide bonds. The van der Waals surface area contributed by atoms with E-state index in [1.54, 1.807) is 12.5 Å². The number of furan rings is 1. The molecule has 0 radical (unpaired) electrons. The Bertz CT molecular complexity index is 551. The minimum Gasteiger partial charge on any atom is -0.472 e. The molecule has 0 saturated heterocycles. The highest BCUT2D eigenvalue weighted by Gasteiger charge is 2.10. The zero-order valence-electron chi connectivity index (χ0n) is 7.31.